The van der Waals surface area contributed by atoms with Crippen molar-refractivity contribution in [3.8, 4) is 0 Å². The first-order chi connectivity index (χ1) is 8.13. The van der Waals surface area contributed by atoms with E-state index < -0.39 is 5.97 Å². The van der Waals surface area contributed by atoms with E-state index in [1.807, 2.05) is 6.20 Å². The SMILES string of the molecule is CCc1cnc(C(C)NCCCCC(=O)O)s1. The molecule has 5 heteroatoms. The molecule has 2 N–H and O–H groups in total. The summed E-state index contributed by atoms with van der Waals surface area (Å²) in [6.45, 7) is 5.06. The molecule has 4 nitrogen and oxygen atoms in total. The summed E-state index contributed by atoms with van der Waals surface area (Å²) in [7, 11) is 0. The first-order valence-corrected chi connectivity index (χ1v) is 6.85. The van der Waals surface area contributed by atoms with Crippen molar-refractivity contribution >= 4 is 17.3 Å². The third-order valence-corrected chi connectivity index (χ3v) is 3.88. The highest BCUT2D eigenvalue weighted by Gasteiger charge is 2.08. The van der Waals surface area contributed by atoms with Crippen molar-refractivity contribution in [3.05, 3.63) is 16.1 Å². The van der Waals surface area contributed by atoms with Crippen LogP contribution in [0.4, 0.5) is 0 Å². The van der Waals surface area contributed by atoms with Crippen molar-refractivity contribution in [3.63, 3.8) is 0 Å². The van der Waals surface area contributed by atoms with Gasteiger partial charge in [0.25, 0.3) is 0 Å². The number of hydrogen-bond acceptors (Lipinski definition) is 4. The Balaban J connectivity index is 2.20. The fourth-order valence-electron chi connectivity index (χ4n) is 1.49. The number of aromatic nitrogens is 1. The summed E-state index contributed by atoms with van der Waals surface area (Å²) >= 11 is 1.74. The molecule has 1 rings (SSSR count). The number of rotatable bonds is 8. The first kappa shape index (κ1) is 14.1. The smallest absolute Gasteiger partial charge is 0.303 e. The Kier molecular flexibility index (Phi) is 6.15. The highest BCUT2D eigenvalue weighted by Crippen LogP contribution is 2.20. The lowest BCUT2D eigenvalue weighted by atomic mass is 10.2. The lowest BCUT2D eigenvalue weighted by molar-refractivity contribution is -0.137. The van der Waals surface area contributed by atoms with Crippen LogP contribution in [0.15, 0.2) is 6.20 Å². The Hall–Kier alpha value is -0.940. The van der Waals surface area contributed by atoms with Gasteiger partial charge >= 0.3 is 5.97 Å². The van der Waals surface area contributed by atoms with Crippen LogP contribution in [-0.2, 0) is 11.2 Å². The van der Waals surface area contributed by atoms with E-state index in [0.29, 0.717) is 0 Å². The van der Waals surface area contributed by atoms with Gasteiger partial charge in [-0.2, -0.15) is 0 Å². The van der Waals surface area contributed by atoms with Gasteiger partial charge < -0.3 is 10.4 Å². The molecule has 17 heavy (non-hydrogen) atoms. The molecule has 0 bridgehead atoms. The summed E-state index contributed by atoms with van der Waals surface area (Å²) < 4.78 is 0. The van der Waals surface area contributed by atoms with Gasteiger partial charge in [-0.25, -0.2) is 4.98 Å². The summed E-state index contributed by atoms with van der Waals surface area (Å²) in [6.07, 6.45) is 4.84. The van der Waals surface area contributed by atoms with Gasteiger partial charge in [0.05, 0.1) is 6.04 Å². The highest BCUT2D eigenvalue weighted by atomic mass is 32.1. The zero-order valence-electron chi connectivity index (χ0n) is 10.4. The Morgan fingerprint density at radius 3 is 2.94 bits per heavy atom. The quantitative estimate of drug-likeness (QED) is 0.702. The number of hydrogen-bond donors (Lipinski definition) is 2. The average molecular weight is 256 g/mol. The van der Waals surface area contributed by atoms with Crippen LogP contribution in [0.1, 0.15) is 49.0 Å². The topological polar surface area (TPSA) is 62.2 Å². The van der Waals surface area contributed by atoms with Gasteiger partial charge in [-0.05, 0) is 32.7 Å². The van der Waals surface area contributed by atoms with E-state index in [0.717, 1.165) is 30.8 Å². The summed E-state index contributed by atoms with van der Waals surface area (Å²) in [5.74, 6) is -0.717. The number of thiazole rings is 1. The molecule has 0 fully saturated rings. The minimum atomic E-state index is -0.717. The van der Waals surface area contributed by atoms with Gasteiger partial charge in [0.2, 0.25) is 0 Å². The van der Waals surface area contributed by atoms with Crippen molar-refractivity contribution in [1.29, 1.82) is 0 Å². The average Bonchev–Trinajstić information content (AvgIpc) is 2.76. The molecule has 0 aliphatic rings. The monoisotopic (exact) mass is 256 g/mol. The molecule has 96 valence electrons. The maximum Gasteiger partial charge on any atom is 0.303 e. The summed E-state index contributed by atoms with van der Waals surface area (Å²) in [5.41, 5.74) is 0. The lowest BCUT2D eigenvalue weighted by Crippen LogP contribution is -2.19. The highest BCUT2D eigenvalue weighted by molar-refractivity contribution is 7.11. The standard InChI is InChI=1S/C12H20N2O2S/c1-3-10-8-14-12(17-10)9(2)13-7-5-4-6-11(15)16/h8-9,13H,3-7H2,1-2H3,(H,15,16). The number of aryl methyl sites for hydroxylation is 1. The lowest BCUT2D eigenvalue weighted by Gasteiger charge is -2.10. The van der Waals surface area contributed by atoms with Crippen molar-refractivity contribution in [2.75, 3.05) is 6.54 Å². The first-order valence-electron chi connectivity index (χ1n) is 6.03. The molecule has 1 atom stereocenters. The van der Waals surface area contributed by atoms with Crippen LogP contribution in [0.5, 0.6) is 0 Å². The van der Waals surface area contributed by atoms with Gasteiger partial charge in [0.15, 0.2) is 0 Å². The van der Waals surface area contributed by atoms with Crippen molar-refractivity contribution in [1.82, 2.24) is 10.3 Å². The van der Waals surface area contributed by atoms with Crippen LogP contribution in [0.2, 0.25) is 0 Å². The molecule has 1 heterocycles. The second-order valence-electron chi connectivity index (χ2n) is 4.05. The number of unbranched alkanes of at least 4 members (excludes halogenated alkanes) is 1. The number of nitrogens with zero attached hydrogens (tertiary/aromatic N) is 1. The maximum atomic E-state index is 10.3. The van der Waals surface area contributed by atoms with Crippen LogP contribution >= 0.6 is 11.3 Å². The van der Waals surface area contributed by atoms with Gasteiger partial charge in [-0.15, -0.1) is 11.3 Å². The van der Waals surface area contributed by atoms with Gasteiger partial charge in [0.1, 0.15) is 5.01 Å². The van der Waals surface area contributed by atoms with E-state index in [2.05, 4.69) is 24.1 Å². The minimum Gasteiger partial charge on any atom is -0.481 e. The number of aliphatic carboxylic acids is 1. The van der Waals surface area contributed by atoms with E-state index in [-0.39, 0.29) is 12.5 Å². The molecular weight excluding hydrogens is 236 g/mol. The number of carboxylic acid groups (broad SMARTS) is 1. The van der Waals surface area contributed by atoms with E-state index in [4.69, 9.17) is 5.11 Å². The second-order valence-corrected chi connectivity index (χ2v) is 5.19. The number of carboxylic acids is 1. The Labute approximate surface area is 106 Å². The molecule has 1 unspecified atom stereocenters. The van der Waals surface area contributed by atoms with Crippen LogP contribution in [0.25, 0.3) is 0 Å². The number of carbonyl (C=O) groups is 1. The Bertz CT molecular complexity index is 352. The maximum absolute atomic E-state index is 10.3. The van der Waals surface area contributed by atoms with Crippen molar-refractivity contribution < 1.29 is 9.90 Å². The molecule has 0 amide bonds. The molecule has 0 aliphatic heterocycles. The zero-order chi connectivity index (χ0) is 12.7. The van der Waals surface area contributed by atoms with Crippen molar-refractivity contribution in [2.45, 2.75) is 45.6 Å². The summed E-state index contributed by atoms with van der Waals surface area (Å²) in [5, 5.41) is 13.0. The third-order valence-electron chi connectivity index (χ3n) is 2.56. The molecule has 1 aromatic heterocycles. The molecule has 0 aromatic carbocycles. The molecule has 0 saturated carbocycles. The van der Waals surface area contributed by atoms with Gasteiger partial charge in [0, 0.05) is 17.5 Å². The largest absolute Gasteiger partial charge is 0.481 e. The molecule has 0 saturated heterocycles. The normalized spacial score (nSPS) is 12.6. The van der Waals surface area contributed by atoms with Gasteiger partial charge in [-0.3, -0.25) is 4.79 Å². The van der Waals surface area contributed by atoms with Gasteiger partial charge in [-0.1, -0.05) is 6.92 Å². The predicted octanol–water partition coefficient (Wildman–Crippen LogP) is 2.61. The third kappa shape index (κ3) is 5.28. The predicted molar refractivity (Wildman–Crippen MR) is 69.4 cm³/mol. The van der Waals surface area contributed by atoms with E-state index in [9.17, 15) is 4.79 Å². The molecule has 0 aliphatic carbocycles. The Morgan fingerprint density at radius 1 is 1.59 bits per heavy atom. The second kappa shape index (κ2) is 7.40. The van der Waals surface area contributed by atoms with E-state index in [1.54, 1.807) is 11.3 Å². The van der Waals surface area contributed by atoms with Crippen LogP contribution in [-0.4, -0.2) is 22.6 Å². The molecule has 0 radical (unpaired) electrons. The van der Waals surface area contributed by atoms with Crippen LogP contribution < -0.4 is 5.32 Å². The fourth-order valence-corrected chi connectivity index (χ4v) is 2.38. The summed E-state index contributed by atoms with van der Waals surface area (Å²) in [4.78, 5) is 16.0. The summed E-state index contributed by atoms with van der Waals surface area (Å²) in [6, 6.07) is 0.255. The zero-order valence-corrected chi connectivity index (χ0v) is 11.2. The van der Waals surface area contributed by atoms with Crippen LogP contribution in [0.3, 0.4) is 0 Å². The number of nitrogens with one attached hydrogen (secondary N) is 1. The van der Waals surface area contributed by atoms with Crippen LogP contribution in [0, 0.1) is 0 Å². The molecule has 0 spiro atoms. The fraction of sp³-hybridized carbons (Fsp3) is 0.667. The van der Waals surface area contributed by atoms with E-state index in [1.165, 1.54) is 4.88 Å². The molecule has 1 aromatic rings. The van der Waals surface area contributed by atoms with E-state index >= 15 is 0 Å². The molecular formula is C12H20N2O2S. The minimum absolute atomic E-state index is 0.255. The Morgan fingerprint density at radius 2 is 2.35 bits per heavy atom. The van der Waals surface area contributed by atoms with Crippen molar-refractivity contribution in [2.24, 2.45) is 0 Å².